The normalized spacial score (nSPS) is 28.0. The molecular weight excluding hydrogens is 282 g/mol. The van der Waals surface area contributed by atoms with E-state index in [1.807, 2.05) is 14.1 Å². The Morgan fingerprint density at radius 3 is 2.36 bits per heavy atom. The standard InChI is InChI=1S/C16H29N3O3/c1-13(20)19-10-6-9-16(22,12-19)14(21)17-11-15(18(2)3)7-4-5-8-15/h22H,4-12H2,1-3H3,(H,17,21)/t16-/m1/s1. The van der Waals surface area contributed by atoms with Crippen molar-refractivity contribution < 1.29 is 14.7 Å². The molecule has 1 saturated heterocycles. The molecule has 1 saturated carbocycles. The molecule has 1 aliphatic carbocycles. The molecule has 6 heteroatoms. The third kappa shape index (κ3) is 3.43. The monoisotopic (exact) mass is 311 g/mol. The van der Waals surface area contributed by atoms with Gasteiger partial charge in [0, 0.05) is 25.6 Å². The van der Waals surface area contributed by atoms with Crippen LogP contribution in [0, 0.1) is 0 Å². The molecule has 1 atom stereocenters. The molecule has 0 spiro atoms. The summed E-state index contributed by atoms with van der Waals surface area (Å²) in [7, 11) is 4.09. The van der Waals surface area contributed by atoms with Crippen LogP contribution in [0.1, 0.15) is 45.4 Å². The highest BCUT2D eigenvalue weighted by Crippen LogP contribution is 2.33. The van der Waals surface area contributed by atoms with E-state index < -0.39 is 5.60 Å². The zero-order chi connectivity index (χ0) is 16.4. The number of hydrogen-bond donors (Lipinski definition) is 2. The van der Waals surface area contributed by atoms with Crippen LogP contribution in [0.3, 0.4) is 0 Å². The summed E-state index contributed by atoms with van der Waals surface area (Å²) in [6, 6.07) is 0. The van der Waals surface area contributed by atoms with Crippen molar-refractivity contribution in [2.75, 3.05) is 33.7 Å². The maximum atomic E-state index is 12.5. The highest BCUT2D eigenvalue weighted by Gasteiger charge is 2.43. The van der Waals surface area contributed by atoms with E-state index in [0.717, 1.165) is 12.8 Å². The predicted octanol–water partition coefficient (Wildman–Crippen LogP) is 0.350. The molecule has 0 unspecified atom stereocenters. The molecule has 0 aromatic heterocycles. The fourth-order valence-electron chi connectivity index (χ4n) is 3.71. The van der Waals surface area contributed by atoms with Gasteiger partial charge in [0.15, 0.2) is 5.60 Å². The van der Waals surface area contributed by atoms with Crippen molar-refractivity contribution in [2.45, 2.75) is 56.6 Å². The molecule has 2 N–H and O–H groups in total. The van der Waals surface area contributed by atoms with Gasteiger partial charge in [-0.3, -0.25) is 9.59 Å². The second-order valence-electron chi connectivity index (χ2n) is 7.08. The lowest BCUT2D eigenvalue weighted by atomic mass is 9.90. The molecule has 126 valence electrons. The van der Waals surface area contributed by atoms with Crippen LogP contribution in [-0.2, 0) is 9.59 Å². The summed E-state index contributed by atoms with van der Waals surface area (Å²) in [5.74, 6) is -0.432. The van der Waals surface area contributed by atoms with Crippen LogP contribution in [0.4, 0.5) is 0 Å². The van der Waals surface area contributed by atoms with Gasteiger partial charge in [-0.2, -0.15) is 0 Å². The minimum atomic E-state index is -1.45. The lowest BCUT2D eigenvalue weighted by molar-refractivity contribution is -0.151. The van der Waals surface area contributed by atoms with Gasteiger partial charge >= 0.3 is 0 Å². The van der Waals surface area contributed by atoms with Gasteiger partial charge in [-0.05, 0) is 39.8 Å². The first-order valence-corrected chi connectivity index (χ1v) is 8.23. The van der Waals surface area contributed by atoms with Gasteiger partial charge in [0.2, 0.25) is 5.91 Å². The number of carbonyl (C=O) groups excluding carboxylic acids is 2. The number of hydrogen-bond acceptors (Lipinski definition) is 4. The van der Waals surface area contributed by atoms with Crippen molar-refractivity contribution >= 4 is 11.8 Å². The highest BCUT2D eigenvalue weighted by atomic mass is 16.3. The summed E-state index contributed by atoms with van der Waals surface area (Å²) in [5, 5.41) is 13.6. The Morgan fingerprint density at radius 1 is 1.18 bits per heavy atom. The van der Waals surface area contributed by atoms with Gasteiger partial charge in [-0.1, -0.05) is 12.8 Å². The molecule has 1 heterocycles. The van der Waals surface area contributed by atoms with Gasteiger partial charge in [0.1, 0.15) is 0 Å². The zero-order valence-corrected chi connectivity index (χ0v) is 14.0. The number of amides is 2. The fraction of sp³-hybridized carbons (Fsp3) is 0.875. The first-order valence-electron chi connectivity index (χ1n) is 8.23. The summed E-state index contributed by atoms with van der Waals surface area (Å²) >= 11 is 0. The third-order valence-corrected chi connectivity index (χ3v) is 5.40. The van der Waals surface area contributed by atoms with Crippen LogP contribution in [0.15, 0.2) is 0 Å². The lowest BCUT2D eigenvalue weighted by Crippen LogP contribution is -2.60. The van der Waals surface area contributed by atoms with Gasteiger partial charge < -0.3 is 20.2 Å². The largest absolute Gasteiger partial charge is 0.378 e. The van der Waals surface area contributed by atoms with Crippen LogP contribution >= 0.6 is 0 Å². The van der Waals surface area contributed by atoms with Gasteiger partial charge in [-0.25, -0.2) is 0 Å². The van der Waals surface area contributed by atoms with Gasteiger partial charge in [-0.15, -0.1) is 0 Å². The van der Waals surface area contributed by atoms with E-state index in [2.05, 4.69) is 10.2 Å². The lowest BCUT2D eigenvalue weighted by Gasteiger charge is -2.40. The predicted molar refractivity (Wildman–Crippen MR) is 84.3 cm³/mol. The molecule has 2 rings (SSSR count). The topological polar surface area (TPSA) is 72.9 Å². The molecule has 6 nitrogen and oxygen atoms in total. The minimum Gasteiger partial charge on any atom is -0.378 e. The molecule has 0 aromatic rings. The second kappa shape index (κ2) is 6.54. The highest BCUT2D eigenvalue weighted by molar-refractivity contribution is 5.86. The smallest absolute Gasteiger partial charge is 0.253 e. The van der Waals surface area contributed by atoms with Crippen LogP contribution in [0.2, 0.25) is 0 Å². The Labute approximate surface area is 132 Å². The van der Waals surface area contributed by atoms with E-state index in [9.17, 15) is 14.7 Å². The van der Waals surface area contributed by atoms with E-state index in [0.29, 0.717) is 25.9 Å². The fourth-order valence-corrected chi connectivity index (χ4v) is 3.71. The van der Waals surface area contributed by atoms with Crippen molar-refractivity contribution in [3.8, 4) is 0 Å². The maximum absolute atomic E-state index is 12.5. The van der Waals surface area contributed by atoms with E-state index in [1.165, 1.54) is 19.8 Å². The molecular formula is C16H29N3O3. The summed E-state index contributed by atoms with van der Waals surface area (Å²) in [6.07, 6.45) is 5.56. The molecule has 0 aromatic carbocycles. The number of aliphatic hydroxyl groups is 1. The minimum absolute atomic E-state index is 0.000942. The van der Waals surface area contributed by atoms with Gasteiger partial charge in [0.05, 0.1) is 6.54 Å². The Hall–Kier alpha value is -1.14. The van der Waals surface area contributed by atoms with Crippen LogP contribution < -0.4 is 5.32 Å². The van der Waals surface area contributed by atoms with Crippen molar-refractivity contribution in [1.29, 1.82) is 0 Å². The summed E-state index contributed by atoms with van der Waals surface area (Å²) in [6.45, 7) is 2.75. The summed E-state index contributed by atoms with van der Waals surface area (Å²) in [5.41, 5.74) is -1.45. The molecule has 0 bridgehead atoms. The molecule has 2 amide bonds. The number of nitrogens with one attached hydrogen (secondary N) is 1. The Morgan fingerprint density at radius 2 is 1.82 bits per heavy atom. The first-order chi connectivity index (χ1) is 10.3. The Bertz CT molecular complexity index is 432. The number of rotatable bonds is 4. The van der Waals surface area contributed by atoms with Crippen molar-refractivity contribution in [1.82, 2.24) is 15.1 Å². The van der Waals surface area contributed by atoms with Crippen LogP contribution in [0.5, 0.6) is 0 Å². The average molecular weight is 311 g/mol. The maximum Gasteiger partial charge on any atom is 0.253 e. The van der Waals surface area contributed by atoms with E-state index >= 15 is 0 Å². The Balaban J connectivity index is 1.97. The molecule has 0 radical (unpaired) electrons. The zero-order valence-electron chi connectivity index (χ0n) is 14.0. The van der Waals surface area contributed by atoms with Crippen LogP contribution in [0.25, 0.3) is 0 Å². The van der Waals surface area contributed by atoms with E-state index in [4.69, 9.17) is 0 Å². The number of carbonyl (C=O) groups is 2. The number of piperidine rings is 1. The van der Waals surface area contributed by atoms with Crippen molar-refractivity contribution in [3.63, 3.8) is 0 Å². The van der Waals surface area contributed by atoms with E-state index in [-0.39, 0.29) is 23.9 Å². The first kappa shape index (κ1) is 17.2. The summed E-state index contributed by atoms with van der Waals surface area (Å²) in [4.78, 5) is 27.7. The van der Waals surface area contributed by atoms with E-state index in [1.54, 1.807) is 4.90 Å². The van der Waals surface area contributed by atoms with Gasteiger partial charge in [0.25, 0.3) is 5.91 Å². The van der Waals surface area contributed by atoms with Crippen molar-refractivity contribution in [2.24, 2.45) is 0 Å². The number of likely N-dealkylation sites (tertiary alicyclic amines) is 1. The second-order valence-corrected chi connectivity index (χ2v) is 7.08. The summed E-state index contributed by atoms with van der Waals surface area (Å²) < 4.78 is 0. The number of β-amino-alcohol motifs (C(OH)–C–C–N with tert-alkyl or cyclic N) is 1. The quantitative estimate of drug-likeness (QED) is 0.786. The molecule has 1 aliphatic heterocycles. The average Bonchev–Trinajstić information content (AvgIpc) is 2.95. The number of nitrogens with zero attached hydrogens (tertiary/aromatic N) is 2. The third-order valence-electron chi connectivity index (χ3n) is 5.40. The van der Waals surface area contributed by atoms with Crippen LogP contribution in [-0.4, -0.2) is 71.6 Å². The van der Waals surface area contributed by atoms with Crippen molar-refractivity contribution in [3.05, 3.63) is 0 Å². The number of likely N-dealkylation sites (N-methyl/N-ethyl adjacent to an activating group) is 1. The molecule has 2 aliphatic rings. The Kier molecular flexibility index (Phi) is 5.12. The molecule has 2 fully saturated rings. The molecule has 22 heavy (non-hydrogen) atoms. The SMILES string of the molecule is CC(=O)N1CCC[C@](O)(C(=O)NCC2(N(C)C)CCCC2)C1.